The lowest BCUT2D eigenvalue weighted by Gasteiger charge is -2.04. The van der Waals surface area contributed by atoms with Gasteiger partial charge in [0.15, 0.2) is 0 Å². The van der Waals surface area contributed by atoms with E-state index in [1.54, 1.807) is 0 Å². The molecule has 0 aliphatic heterocycles. The molecule has 0 unspecified atom stereocenters. The van der Waals surface area contributed by atoms with E-state index in [1.165, 1.54) is 11.3 Å². The van der Waals surface area contributed by atoms with Crippen molar-refractivity contribution < 1.29 is 4.79 Å². The number of hydrogen-bond acceptors (Lipinski definition) is 3. The van der Waals surface area contributed by atoms with Gasteiger partial charge in [0.2, 0.25) is 5.78 Å². The van der Waals surface area contributed by atoms with E-state index in [0.29, 0.717) is 0 Å². The molecule has 0 bridgehead atoms. The highest BCUT2D eigenvalue weighted by molar-refractivity contribution is 7.18. The van der Waals surface area contributed by atoms with Crippen molar-refractivity contribution in [3.8, 4) is 10.4 Å². The van der Waals surface area contributed by atoms with Gasteiger partial charge in [-0.3, -0.25) is 4.79 Å². The Morgan fingerprint density at radius 2 is 1.56 bits per heavy atom. The first-order valence-corrected chi connectivity index (χ1v) is 8.98. The van der Waals surface area contributed by atoms with E-state index in [0.717, 1.165) is 37.3 Å². The van der Waals surface area contributed by atoms with Crippen LogP contribution in [0.15, 0.2) is 78.9 Å². The minimum Gasteiger partial charge on any atom is -0.387 e. The molecule has 4 rings (SSSR count). The SMILES string of the molecule is CNc1cc(-c2ccccc2)sc1C(=O)c1ccc2ccccc2c1. The number of carbonyl (C=O) groups excluding carboxylic acids is 1. The van der Waals surface area contributed by atoms with E-state index >= 15 is 0 Å². The van der Waals surface area contributed by atoms with Gasteiger partial charge in [0.05, 0.1) is 10.6 Å². The lowest BCUT2D eigenvalue weighted by Crippen LogP contribution is -2.02. The summed E-state index contributed by atoms with van der Waals surface area (Å²) in [5, 5.41) is 5.39. The fraction of sp³-hybridized carbons (Fsp3) is 0.0455. The Kier molecular flexibility index (Phi) is 4.08. The predicted octanol–water partition coefficient (Wildman–Crippen LogP) is 5.84. The van der Waals surface area contributed by atoms with Crippen molar-refractivity contribution in [2.45, 2.75) is 0 Å². The summed E-state index contributed by atoms with van der Waals surface area (Å²) in [5.74, 6) is 0.0577. The monoisotopic (exact) mass is 343 g/mol. The third kappa shape index (κ3) is 2.94. The Bertz CT molecular complexity index is 1050. The average Bonchev–Trinajstić information content (AvgIpc) is 3.12. The lowest BCUT2D eigenvalue weighted by molar-refractivity contribution is 0.104. The predicted molar refractivity (Wildman–Crippen MR) is 107 cm³/mol. The van der Waals surface area contributed by atoms with E-state index in [1.807, 2.05) is 67.7 Å². The fourth-order valence-electron chi connectivity index (χ4n) is 2.95. The maximum atomic E-state index is 13.1. The van der Waals surface area contributed by atoms with Gasteiger partial charge in [-0.1, -0.05) is 66.7 Å². The molecular formula is C22H17NOS. The van der Waals surface area contributed by atoms with Crippen LogP contribution in [0.3, 0.4) is 0 Å². The van der Waals surface area contributed by atoms with Crippen molar-refractivity contribution in [3.05, 3.63) is 89.3 Å². The smallest absolute Gasteiger partial charge is 0.205 e. The molecule has 0 aliphatic rings. The first-order chi connectivity index (χ1) is 12.3. The molecule has 1 aromatic heterocycles. The van der Waals surface area contributed by atoms with Gasteiger partial charge >= 0.3 is 0 Å². The van der Waals surface area contributed by atoms with Crippen molar-refractivity contribution in [3.63, 3.8) is 0 Å². The molecule has 3 aromatic carbocycles. The van der Waals surface area contributed by atoms with E-state index in [4.69, 9.17) is 0 Å². The summed E-state index contributed by atoms with van der Waals surface area (Å²) in [6.07, 6.45) is 0. The topological polar surface area (TPSA) is 29.1 Å². The zero-order chi connectivity index (χ0) is 17.2. The number of anilines is 1. The van der Waals surface area contributed by atoms with E-state index in [2.05, 4.69) is 23.5 Å². The lowest BCUT2D eigenvalue weighted by atomic mass is 10.0. The van der Waals surface area contributed by atoms with Gasteiger partial charge in [0.1, 0.15) is 0 Å². The van der Waals surface area contributed by atoms with Gasteiger partial charge in [-0.2, -0.15) is 0 Å². The van der Waals surface area contributed by atoms with Crippen LogP contribution < -0.4 is 5.32 Å². The summed E-state index contributed by atoms with van der Waals surface area (Å²) in [6, 6.07) is 26.2. The molecule has 2 nitrogen and oxygen atoms in total. The van der Waals surface area contributed by atoms with E-state index < -0.39 is 0 Å². The summed E-state index contributed by atoms with van der Waals surface area (Å²) < 4.78 is 0. The van der Waals surface area contributed by atoms with Crippen LogP contribution in [0.25, 0.3) is 21.2 Å². The van der Waals surface area contributed by atoms with Crippen molar-refractivity contribution in [2.75, 3.05) is 12.4 Å². The standard InChI is InChI=1S/C22H17NOS/c1-23-19-14-20(16-8-3-2-4-9-16)25-22(19)21(24)18-12-11-15-7-5-6-10-17(15)13-18/h2-14,23H,1H3. The molecule has 0 amide bonds. The van der Waals surface area contributed by atoms with Crippen LogP contribution in [0, 0.1) is 0 Å². The number of rotatable bonds is 4. The van der Waals surface area contributed by atoms with Crippen molar-refractivity contribution >= 4 is 33.6 Å². The largest absolute Gasteiger partial charge is 0.387 e. The van der Waals surface area contributed by atoms with Crippen LogP contribution in [0.2, 0.25) is 0 Å². The molecule has 4 aromatic rings. The Balaban J connectivity index is 1.77. The molecule has 0 saturated carbocycles. The van der Waals surface area contributed by atoms with Gasteiger partial charge in [-0.05, 0) is 28.5 Å². The summed E-state index contributed by atoms with van der Waals surface area (Å²) in [6.45, 7) is 0. The minimum atomic E-state index is 0.0577. The first kappa shape index (κ1) is 15.6. The summed E-state index contributed by atoms with van der Waals surface area (Å²) in [7, 11) is 1.86. The molecule has 0 radical (unpaired) electrons. The second kappa shape index (κ2) is 6.54. The number of hydrogen-bond donors (Lipinski definition) is 1. The molecule has 25 heavy (non-hydrogen) atoms. The molecule has 0 atom stereocenters. The van der Waals surface area contributed by atoms with Gasteiger partial charge in [0, 0.05) is 17.5 Å². The molecule has 1 N–H and O–H groups in total. The van der Waals surface area contributed by atoms with Crippen LogP contribution in [-0.4, -0.2) is 12.8 Å². The molecule has 0 aliphatic carbocycles. The zero-order valence-corrected chi connectivity index (χ0v) is 14.6. The van der Waals surface area contributed by atoms with E-state index in [-0.39, 0.29) is 5.78 Å². The third-order valence-corrected chi connectivity index (χ3v) is 5.46. The maximum absolute atomic E-state index is 13.1. The molecule has 122 valence electrons. The van der Waals surface area contributed by atoms with Crippen LogP contribution in [-0.2, 0) is 0 Å². The Morgan fingerprint density at radius 1 is 0.840 bits per heavy atom. The van der Waals surface area contributed by atoms with E-state index in [9.17, 15) is 4.79 Å². The highest BCUT2D eigenvalue weighted by Crippen LogP contribution is 2.36. The zero-order valence-electron chi connectivity index (χ0n) is 13.8. The first-order valence-electron chi connectivity index (χ1n) is 8.17. The number of thiophene rings is 1. The van der Waals surface area contributed by atoms with Gasteiger partial charge < -0.3 is 5.32 Å². The van der Waals surface area contributed by atoms with Crippen molar-refractivity contribution in [2.24, 2.45) is 0 Å². The van der Waals surface area contributed by atoms with Gasteiger partial charge in [0.25, 0.3) is 0 Å². The molecule has 0 spiro atoms. The van der Waals surface area contributed by atoms with Crippen LogP contribution in [0.5, 0.6) is 0 Å². The number of fused-ring (bicyclic) bond motifs is 1. The maximum Gasteiger partial charge on any atom is 0.205 e. The van der Waals surface area contributed by atoms with Gasteiger partial charge in [-0.15, -0.1) is 11.3 Å². The number of carbonyl (C=O) groups is 1. The normalized spacial score (nSPS) is 10.8. The average molecular weight is 343 g/mol. The summed E-state index contributed by atoms with van der Waals surface area (Å²) in [4.78, 5) is 14.9. The fourth-order valence-corrected chi connectivity index (χ4v) is 4.08. The number of nitrogens with one attached hydrogen (secondary N) is 1. The molecule has 1 heterocycles. The second-order valence-electron chi connectivity index (χ2n) is 5.86. The molecule has 3 heteroatoms. The third-order valence-electron chi connectivity index (χ3n) is 4.28. The molecular weight excluding hydrogens is 326 g/mol. The summed E-state index contributed by atoms with van der Waals surface area (Å²) in [5.41, 5.74) is 2.72. The van der Waals surface area contributed by atoms with Crippen molar-refractivity contribution in [1.82, 2.24) is 0 Å². The Hall–Kier alpha value is -2.91. The molecule has 0 saturated heterocycles. The number of benzene rings is 3. The van der Waals surface area contributed by atoms with Crippen molar-refractivity contribution in [1.29, 1.82) is 0 Å². The molecule has 0 fully saturated rings. The van der Waals surface area contributed by atoms with Gasteiger partial charge in [-0.25, -0.2) is 0 Å². The Morgan fingerprint density at radius 3 is 2.32 bits per heavy atom. The summed E-state index contributed by atoms with van der Waals surface area (Å²) >= 11 is 1.53. The minimum absolute atomic E-state index is 0.0577. The van der Waals surface area contributed by atoms with Crippen LogP contribution >= 0.6 is 11.3 Å². The van der Waals surface area contributed by atoms with Crippen LogP contribution in [0.4, 0.5) is 5.69 Å². The quantitative estimate of drug-likeness (QED) is 0.472. The Labute approximate surface area is 150 Å². The highest BCUT2D eigenvalue weighted by atomic mass is 32.1. The van der Waals surface area contributed by atoms with Crippen LogP contribution in [0.1, 0.15) is 15.2 Å². The second-order valence-corrected chi connectivity index (χ2v) is 6.91. The number of ketones is 1. The highest BCUT2D eigenvalue weighted by Gasteiger charge is 2.18.